The Morgan fingerprint density at radius 1 is 1.23 bits per heavy atom. The highest BCUT2D eigenvalue weighted by Crippen LogP contribution is 2.47. The van der Waals surface area contributed by atoms with Gasteiger partial charge in [0.1, 0.15) is 11.6 Å². The number of aromatic nitrogens is 1. The average molecular weight is 408 g/mol. The SMILES string of the molecule is CC(=O)n1c2c(c3ccccc31)OC(N)=C(C#N)C2c1ccc(Br)cc1. The number of allylic oxidation sites excluding steroid dienone is 1. The number of fused-ring (bicyclic) bond motifs is 3. The van der Waals surface area contributed by atoms with Crippen LogP contribution in [0.15, 0.2) is 64.5 Å². The van der Waals surface area contributed by atoms with Crippen LogP contribution in [-0.2, 0) is 0 Å². The second-order valence-corrected chi connectivity index (χ2v) is 6.98. The number of carbonyl (C=O) groups is 1. The van der Waals surface area contributed by atoms with E-state index in [1.165, 1.54) is 6.92 Å². The normalized spacial score (nSPS) is 16.1. The van der Waals surface area contributed by atoms with E-state index in [0.29, 0.717) is 17.0 Å². The van der Waals surface area contributed by atoms with Gasteiger partial charge in [0.05, 0.1) is 17.1 Å². The highest BCUT2D eigenvalue weighted by molar-refractivity contribution is 9.10. The number of ether oxygens (including phenoxy) is 1. The number of halogens is 1. The van der Waals surface area contributed by atoms with Crippen LogP contribution >= 0.6 is 15.9 Å². The van der Waals surface area contributed by atoms with Crippen LogP contribution in [0.3, 0.4) is 0 Å². The maximum absolute atomic E-state index is 12.5. The van der Waals surface area contributed by atoms with Crippen molar-refractivity contribution in [1.82, 2.24) is 4.57 Å². The Labute approximate surface area is 158 Å². The molecule has 4 rings (SSSR count). The minimum absolute atomic E-state index is 0.0689. The standard InChI is InChI=1S/C20H14BrN3O2/c1-11(25)24-16-5-3-2-4-14(16)19-18(24)17(15(10-22)20(23)26-19)12-6-8-13(21)9-7-12/h2-9,17H,23H2,1H3. The number of carbonyl (C=O) groups excluding carboxylic acids is 1. The van der Waals surface area contributed by atoms with Crippen LogP contribution in [0.5, 0.6) is 5.75 Å². The molecule has 0 saturated heterocycles. The molecule has 1 atom stereocenters. The van der Waals surface area contributed by atoms with Crippen molar-refractivity contribution in [3.63, 3.8) is 0 Å². The van der Waals surface area contributed by atoms with E-state index >= 15 is 0 Å². The molecular formula is C20H14BrN3O2. The Morgan fingerprint density at radius 2 is 1.92 bits per heavy atom. The van der Waals surface area contributed by atoms with E-state index < -0.39 is 5.92 Å². The van der Waals surface area contributed by atoms with Gasteiger partial charge in [0.15, 0.2) is 5.75 Å². The summed E-state index contributed by atoms with van der Waals surface area (Å²) in [5, 5.41) is 10.5. The van der Waals surface area contributed by atoms with Crippen LogP contribution in [0, 0.1) is 11.3 Å². The highest BCUT2D eigenvalue weighted by Gasteiger charge is 2.36. The molecule has 1 aliphatic heterocycles. The van der Waals surface area contributed by atoms with Crippen molar-refractivity contribution < 1.29 is 9.53 Å². The zero-order chi connectivity index (χ0) is 18.4. The van der Waals surface area contributed by atoms with E-state index in [4.69, 9.17) is 10.5 Å². The van der Waals surface area contributed by atoms with Gasteiger partial charge in [-0.15, -0.1) is 0 Å². The molecule has 1 aliphatic rings. The topological polar surface area (TPSA) is 81.0 Å². The number of nitrogens with two attached hydrogens (primary N) is 1. The maximum atomic E-state index is 12.5. The zero-order valence-electron chi connectivity index (χ0n) is 13.9. The first-order valence-electron chi connectivity index (χ1n) is 8.00. The van der Waals surface area contributed by atoms with Crippen molar-refractivity contribution in [3.8, 4) is 11.8 Å². The van der Waals surface area contributed by atoms with Crippen molar-refractivity contribution in [2.75, 3.05) is 0 Å². The molecule has 0 saturated carbocycles. The summed E-state index contributed by atoms with van der Waals surface area (Å²) in [4.78, 5) is 12.5. The zero-order valence-corrected chi connectivity index (χ0v) is 15.4. The van der Waals surface area contributed by atoms with Gasteiger partial charge in [-0.05, 0) is 29.8 Å². The number of benzene rings is 2. The fourth-order valence-electron chi connectivity index (χ4n) is 3.48. The highest BCUT2D eigenvalue weighted by atomic mass is 79.9. The molecule has 6 heteroatoms. The Kier molecular flexibility index (Phi) is 3.82. The summed E-state index contributed by atoms with van der Waals surface area (Å²) in [6.45, 7) is 1.50. The number of nitriles is 1. The predicted octanol–water partition coefficient (Wildman–Crippen LogP) is 4.28. The summed E-state index contributed by atoms with van der Waals surface area (Å²) in [7, 11) is 0. The van der Waals surface area contributed by atoms with E-state index in [-0.39, 0.29) is 11.8 Å². The van der Waals surface area contributed by atoms with E-state index in [1.54, 1.807) is 4.57 Å². The quantitative estimate of drug-likeness (QED) is 0.652. The van der Waals surface area contributed by atoms with Crippen LogP contribution in [0.25, 0.3) is 10.9 Å². The molecular weight excluding hydrogens is 394 g/mol. The first kappa shape index (κ1) is 16.4. The lowest BCUT2D eigenvalue weighted by molar-refractivity contribution is 0.0937. The van der Waals surface area contributed by atoms with Crippen LogP contribution in [0.2, 0.25) is 0 Å². The average Bonchev–Trinajstić information content (AvgIpc) is 2.95. The van der Waals surface area contributed by atoms with Crippen molar-refractivity contribution in [2.24, 2.45) is 5.73 Å². The smallest absolute Gasteiger partial charge is 0.228 e. The Balaban J connectivity index is 2.11. The molecule has 1 aromatic heterocycles. The van der Waals surface area contributed by atoms with Gasteiger partial charge in [-0.2, -0.15) is 5.26 Å². The van der Waals surface area contributed by atoms with Gasteiger partial charge in [0.25, 0.3) is 0 Å². The molecule has 0 radical (unpaired) electrons. The molecule has 0 fully saturated rings. The summed E-state index contributed by atoms with van der Waals surface area (Å²) in [6.07, 6.45) is 0. The lowest BCUT2D eigenvalue weighted by Gasteiger charge is -2.25. The molecule has 1 unspecified atom stereocenters. The van der Waals surface area contributed by atoms with E-state index in [1.807, 2.05) is 48.5 Å². The van der Waals surface area contributed by atoms with Crippen LogP contribution in [0.1, 0.15) is 28.9 Å². The van der Waals surface area contributed by atoms with Crippen molar-refractivity contribution in [3.05, 3.63) is 75.7 Å². The van der Waals surface area contributed by atoms with Gasteiger partial charge in [-0.3, -0.25) is 9.36 Å². The molecule has 26 heavy (non-hydrogen) atoms. The molecule has 0 aliphatic carbocycles. The molecule has 2 aromatic carbocycles. The molecule has 0 bridgehead atoms. The minimum atomic E-state index is -0.479. The van der Waals surface area contributed by atoms with Gasteiger partial charge >= 0.3 is 0 Å². The monoisotopic (exact) mass is 407 g/mol. The first-order chi connectivity index (χ1) is 12.5. The lowest BCUT2D eigenvalue weighted by Crippen LogP contribution is -2.24. The number of nitrogens with zero attached hydrogens (tertiary/aromatic N) is 2. The van der Waals surface area contributed by atoms with Gasteiger partial charge in [0.2, 0.25) is 11.8 Å². The van der Waals surface area contributed by atoms with Gasteiger partial charge in [0, 0.05) is 16.8 Å². The van der Waals surface area contributed by atoms with Crippen LogP contribution in [-0.4, -0.2) is 10.5 Å². The Bertz CT molecular complexity index is 1120. The molecule has 0 amide bonds. The second kappa shape index (κ2) is 6.04. The predicted molar refractivity (Wildman–Crippen MR) is 102 cm³/mol. The third-order valence-corrected chi connectivity index (χ3v) is 5.07. The third kappa shape index (κ3) is 2.32. The molecule has 5 nitrogen and oxygen atoms in total. The van der Waals surface area contributed by atoms with Crippen molar-refractivity contribution in [1.29, 1.82) is 5.26 Å². The molecule has 128 valence electrons. The summed E-state index contributed by atoms with van der Waals surface area (Å²) in [5.41, 5.74) is 8.60. The maximum Gasteiger partial charge on any atom is 0.228 e. The van der Waals surface area contributed by atoms with E-state index in [2.05, 4.69) is 22.0 Å². The Morgan fingerprint density at radius 3 is 2.58 bits per heavy atom. The fourth-order valence-corrected chi connectivity index (χ4v) is 3.74. The molecule has 0 spiro atoms. The van der Waals surface area contributed by atoms with Gasteiger partial charge < -0.3 is 10.5 Å². The largest absolute Gasteiger partial charge is 0.438 e. The number of hydrogen-bond acceptors (Lipinski definition) is 4. The summed E-state index contributed by atoms with van der Waals surface area (Å²) >= 11 is 3.43. The fraction of sp³-hybridized carbons (Fsp3) is 0.100. The van der Waals surface area contributed by atoms with E-state index in [0.717, 1.165) is 20.9 Å². The number of para-hydroxylation sites is 1. The molecule has 2 N–H and O–H groups in total. The second-order valence-electron chi connectivity index (χ2n) is 6.06. The summed E-state index contributed by atoms with van der Waals surface area (Å²) in [5.74, 6) is -0.0290. The first-order valence-corrected chi connectivity index (χ1v) is 8.79. The number of hydrogen-bond donors (Lipinski definition) is 1. The summed E-state index contributed by atoms with van der Waals surface area (Å²) in [6, 6.07) is 17.3. The minimum Gasteiger partial charge on any atom is -0.438 e. The van der Waals surface area contributed by atoms with Crippen LogP contribution < -0.4 is 10.5 Å². The Hall–Kier alpha value is -3.04. The molecule has 2 heterocycles. The lowest BCUT2D eigenvalue weighted by atomic mass is 9.87. The summed E-state index contributed by atoms with van der Waals surface area (Å²) < 4.78 is 8.35. The molecule has 3 aromatic rings. The van der Waals surface area contributed by atoms with Crippen LogP contribution in [0.4, 0.5) is 0 Å². The van der Waals surface area contributed by atoms with Gasteiger partial charge in [-0.1, -0.05) is 40.2 Å². The van der Waals surface area contributed by atoms with Crippen molar-refractivity contribution >= 4 is 32.7 Å². The van der Waals surface area contributed by atoms with E-state index in [9.17, 15) is 10.1 Å². The third-order valence-electron chi connectivity index (χ3n) is 4.54. The van der Waals surface area contributed by atoms with Gasteiger partial charge in [-0.25, -0.2) is 0 Å². The van der Waals surface area contributed by atoms with Crippen molar-refractivity contribution in [2.45, 2.75) is 12.8 Å². The number of rotatable bonds is 1.